The summed E-state index contributed by atoms with van der Waals surface area (Å²) < 4.78 is 45.3. The van der Waals surface area contributed by atoms with E-state index in [0.717, 1.165) is 41.7 Å². The first-order valence-electron chi connectivity index (χ1n) is 19.1. The third-order valence-corrected chi connectivity index (χ3v) is 12.2. The van der Waals surface area contributed by atoms with E-state index in [4.69, 9.17) is 14.2 Å². The summed E-state index contributed by atoms with van der Waals surface area (Å²) in [7, 11) is 3.11. The van der Waals surface area contributed by atoms with Crippen molar-refractivity contribution in [2.45, 2.75) is 102 Å². The Bertz CT molecular complexity index is 1870. The molecule has 1 heterocycles. The van der Waals surface area contributed by atoms with E-state index in [1.165, 1.54) is 6.07 Å². The summed E-state index contributed by atoms with van der Waals surface area (Å²) in [5.41, 5.74) is 1.58. The van der Waals surface area contributed by atoms with Crippen LogP contribution in [0.3, 0.4) is 0 Å². The van der Waals surface area contributed by atoms with Crippen LogP contribution in [0.1, 0.15) is 104 Å². The second kappa shape index (κ2) is 16.7. The fourth-order valence-electron chi connectivity index (χ4n) is 8.87. The van der Waals surface area contributed by atoms with Gasteiger partial charge >= 0.3 is 0 Å². The van der Waals surface area contributed by atoms with Gasteiger partial charge in [0.2, 0.25) is 5.91 Å². The number of ether oxygens (including phenoxy) is 3. The Hall–Kier alpha value is -4.12. The van der Waals surface area contributed by atoms with E-state index in [2.05, 4.69) is 19.9 Å². The Morgan fingerprint density at radius 1 is 0.963 bits per heavy atom. The second-order valence-corrected chi connectivity index (χ2v) is 15.7. The van der Waals surface area contributed by atoms with Gasteiger partial charge in [-0.3, -0.25) is 9.59 Å². The topological polar surface area (TPSA) is 106 Å². The van der Waals surface area contributed by atoms with Crippen LogP contribution in [0.4, 0.5) is 8.78 Å². The minimum atomic E-state index is -1.35. The first-order valence-corrected chi connectivity index (χ1v) is 19.1. The Kier molecular flexibility index (Phi) is 12.2. The first-order chi connectivity index (χ1) is 25.8. The number of fused-ring (bicyclic) bond motifs is 8. The first kappa shape index (κ1) is 39.6. The second-order valence-electron chi connectivity index (χ2n) is 15.7. The van der Waals surface area contributed by atoms with Crippen molar-refractivity contribution in [1.29, 1.82) is 0 Å². The highest BCUT2D eigenvalue weighted by atomic mass is 19.2. The molecule has 10 heteroatoms. The van der Waals surface area contributed by atoms with Crippen molar-refractivity contribution in [2.24, 2.45) is 5.41 Å². The van der Waals surface area contributed by atoms with E-state index < -0.39 is 34.5 Å². The average Bonchev–Trinajstić information content (AvgIpc) is 3.76. The summed E-state index contributed by atoms with van der Waals surface area (Å²) in [6, 6.07) is 14.2. The van der Waals surface area contributed by atoms with Crippen molar-refractivity contribution in [3.63, 3.8) is 0 Å². The van der Waals surface area contributed by atoms with E-state index in [9.17, 15) is 28.6 Å². The number of hydrogen-bond donors (Lipinski definition) is 2. The maximum atomic E-state index is 14.4. The molecule has 2 bridgehead atoms. The fourth-order valence-corrected chi connectivity index (χ4v) is 8.87. The number of benzene rings is 3. The van der Waals surface area contributed by atoms with Crippen molar-refractivity contribution in [1.82, 2.24) is 4.90 Å². The molecule has 2 fully saturated rings. The van der Waals surface area contributed by atoms with Crippen molar-refractivity contribution >= 4 is 11.7 Å². The van der Waals surface area contributed by atoms with Gasteiger partial charge in [0.25, 0.3) is 0 Å². The lowest BCUT2D eigenvalue weighted by molar-refractivity contribution is -0.141. The molecule has 0 spiro atoms. The van der Waals surface area contributed by atoms with Gasteiger partial charge in [0, 0.05) is 29.7 Å². The lowest BCUT2D eigenvalue weighted by atomic mass is 9.64. The van der Waals surface area contributed by atoms with E-state index >= 15 is 0 Å². The number of halogens is 2. The van der Waals surface area contributed by atoms with Crippen molar-refractivity contribution in [3.05, 3.63) is 106 Å². The van der Waals surface area contributed by atoms with Gasteiger partial charge in [0.05, 0.1) is 45.0 Å². The molecule has 5 atom stereocenters. The molecule has 7 rings (SSSR count). The van der Waals surface area contributed by atoms with Crippen LogP contribution in [0.2, 0.25) is 0 Å². The number of amides is 1. The van der Waals surface area contributed by atoms with Crippen LogP contribution in [-0.4, -0.2) is 78.5 Å². The van der Waals surface area contributed by atoms with Gasteiger partial charge < -0.3 is 29.3 Å². The molecule has 0 radical (unpaired) electrons. The maximum absolute atomic E-state index is 14.4. The Morgan fingerprint density at radius 3 is 2.48 bits per heavy atom. The van der Waals surface area contributed by atoms with E-state index in [1.807, 2.05) is 18.2 Å². The zero-order chi connectivity index (χ0) is 38.6. The molecule has 8 nitrogen and oxygen atoms in total. The van der Waals surface area contributed by atoms with Gasteiger partial charge in [-0.25, -0.2) is 8.78 Å². The van der Waals surface area contributed by atoms with Crippen LogP contribution in [0, 0.1) is 17.0 Å². The third-order valence-electron chi connectivity index (χ3n) is 12.2. The number of ketones is 1. The lowest BCUT2D eigenvalue weighted by Gasteiger charge is -2.46. The maximum Gasteiger partial charge on any atom is 0.227 e. The predicted octanol–water partition coefficient (Wildman–Crippen LogP) is 7.50. The van der Waals surface area contributed by atoms with Gasteiger partial charge in [-0.2, -0.15) is 0 Å². The molecule has 3 aromatic carbocycles. The van der Waals surface area contributed by atoms with Crippen LogP contribution in [-0.2, 0) is 22.4 Å². The number of methoxy groups -OCH3 is 2. The standard InChI is InChI=1S/C44H53F2NO7/c1-28-7-5-18-43(2)36(34-14-10-29(21-32(48)13-9-28)22-35(34)42(50)31-12-15-37(45)38(46)25-31)17-19-44(43,51)27-47(26-33-8-6-20-54-33)41(49)24-30-11-16-39(52-3)40(23-30)53-4/h7,10-12,14-16,22-23,25,32-33,36,48,51H,5-6,8-9,13,17-21,24,26-27H2,1-4H3/t32-,33+,36-,43-,44+/m0/s1. The van der Waals surface area contributed by atoms with Crippen LogP contribution >= 0.6 is 0 Å². The minimum absolute atomic E-state index is 0.0194. The number of allylic oxidation sites excluding steroid dienone is 2. The average molecular weight is 746 g/mol. The lowest BCUT2D eigenvalue weighted by Crippen LogP contribution is -2.55. The molecular weight excluding hydrogens is 692 g/mol. The van der Waals surface area contributed by atoms with Crippen molar-refractivity contribution in [3.8, 4) is 11.5 Å². The van der Waals surface area contributed by atoms with E-state index in [1.54, 1.807) is 37.3 Å². The smallest absolute Gasteiger partial charge is 0.227 e. The monoisotopic (exact) mass is 745 g/mol. The number of nitrogens with zero attached hydrogens (tertiary/aromatic N) is 1. The van der Waals surface area contributed by atoms with Gasteiger partial charge in [0.1, 0.15) is 0 Å². The molecule has 54 heavy (non-hydrogen) atoms. The van der Waals surface area contributed by atoms with Crippen LogP contribution < -0.4 is 9.47 Å². The van der Waals surface area contributed by atoms with Crippen LogP contribution in [0.15, 0.2) is 66.2 Å². The summed E-state index contributed by atoms with van der Waals surface area (Å²) in [6.07, 6.45) is 6.90. The molecule has 4 aliphatic rings. The Balaban J connectivity index is 1.39. The minimum Gasteiger partial charge on any atom is -0.493 e. The number of aliphatic hydroxyl groups is 2. The molecular formula is C44H53F2NO7. The zero-order valence-electron chi connectivity index (χ0n) is 31.8. The number of carbonyl (C=O) groups excluding carboxylic acids is 2. The van der Waals surface area contributed by atoms with E-state index in [-0.39, 0.29) is 36.5 Å². The summed E-state index contributed by atoms with van der Waals surface area (Å²) in [6.45, 7) is 5.16. The summed E-state index contributed by atoms with van der Waals surface area (Å²) >= 11 is 0. The molecule has 1 aliphatic heterocycles. The number of hydrogen-bond acceptors (Lipinski definition) is 7. The number of aliphatic hydroxyl groups excluding tert-OH is 1. The fraction of sp³-hybridized carbons (Fsp3) is 0.500. The SMILES string of the molecule is COc1ccc(CC(=O)N(C[C@H]2CCCO2)C[C@]2(O)CC[C@H]3c4ccc(cc4C(=O)c4ccc(F)c(F)c4)C[C@@H](O)CCC(C)=CCC[C@@]32C)cc1OC. The largest absolute Gasteiger partial charge is 0.493 e. The highest BCUT2D eigenvalue weighted by Gasteiger charge is 2.57. The van der Waals surface area contributed by atoms with E-state index in [0.29, 0.717) is 80.7 Å². The van der Waals surface area contributed by atoms with Crippen molar-refractivity contribution in [2.75, 3.05) is 33.9 Å². The molecule has 2 N–H and O–H groups in total. The molecule has 1 amide bonds. The Labute approximate surface area is 317 Å². The molecule has 0 unspecified atom stereocenters. The Morgan fingerprint density at radius 2 is 1.76 bits per heavy atom. The summed E-state index contributed by atoms with van der Waals surface area (Å²) in [4.78, 5) is 30.3. The van der Waals surface area contributed by atoms with Gasteiger partial charge in [0.15, 0.2) is 28.9 Å². The third kappa shape index (κ3) is 8.41. The van der Waals surface area contributed by atoms with Gasteiger partial charge in [-0.05, 0) is 124 Å². The van der Waals surface area contributed by atoms with Crippen LogP contribution in [0.25, 0.3) is 0 Å². The summed E-state index contributed by atoms with van der Waals surface area (Å²) in [5.74, 6) is -1.97. The highest BCUT2D eigenvalue weighted by Crippen LogP contribution is 2.59. The molecule has 3 aliphatic carbocycles. The summed E-state index contributed by atoms with van der Waals surface area (Å²) in [5, 5.41) is 24.0. The number of carbonyl (C=O) groups is 2. The molecule has 0 aromatic heterocycles. The number of rotatable bonds is 10. The van der Waals surface area contributed by atoms with Crippen LogP contribution in [0.5, 0.6) is 11.5 Å². The molecule has 1 saturated heterocycles. The quantitative estimate of drug-likeness (QED) is 0.164. The normalized spacial score (nSPS) is 25.8. The van der Waals surface area contributed by atoms with Gasteiger partial charge in [-0.15, -0.1) is 0 Å². The molecule has 1 saturated carbocycles. The van der Waals surface area contributed by atoms with Crippen molar-refractivity contribution < 1.29 is 42.8 Å². The highest BCUT2D eigenvalue weighted by molar-refractivity contribution is 6.10. The zero-order valence-corrected chi connectivity index (χ0v) is 31.8. The molecule has 3 aromatic rings. The molecule has 290 valence electrons. The predicted molar refractivity (Wildman–Crippen MR) is 202 cm³/mol. The van der Waals surface area contributed by atoms with Gasteiger partial charge in [-0.1, -0.05) is 36.8 Å².